The molecule has 1 heterocycles. The number of methoxy groups -OCH3 is 5. The van der Waals surface area contributed by atoms with Gasteiger partial charge in [-0.2, -0.15) is 0 Å². The second kappa shape index (κ2) is 13.9. The molecule has 0 bridgehead atoms. The third-order valence-corrected chi connectivity index (χ3v) is 8.75. The van der Waals surface area contributed by atoms with Gasteiger partial charge in [-0.3, -0.25) is 0 Å². The Morgan fingerprint density at radius 2 is 1.43 bits per heavy atom. The van der Waals surface area contributed by atoms with Crippen molar-refractivity contribution in [1.29, 1.82) is 0 Å². The average Bonchev–Trinajstić information content (AvgIpc) is 3.42. The van der Waals surface area contributed by atoms with E-state index < -0.39 is 5.79 Å². The van der Waals surface area contributed by atoms with Crippen LogP contribution in [0.15, 0.2) is 46.9 Å². The summed E-state index contributed by atoms with van der Waals surface area (Å²) in [6, 6.07) is 13.9. The highest BCUT2D eigenvalue weighted by molar-refractivity contribution is 9.10. The number of aryl methyl sites for hydroxylation is 1. The summed E-state index contributed by atoms with van der Waals surface area (Å²) < 4.78 is 47.1. The molecule has 3 aromatic rings. The van der Waals surface area contributed by atoms with Gasteiger partial charge in [-0.15, -0.1) is 0 Å². The van der Waals surface area contributed by atoms with Gasteiger partial charge in [0.25, 0.3) is 0 Å². The quantitative estimate of drug-likeness (QED) is 0.181. The predicted octanol–water partition coefficient (Wildman–Crippen LogP) is 5.46. The summed E-state index contributed by atoms with van der Waals surface area (Å²) in [7, 11) is 8.37. The molecule has 1 unspecified atom stereocenters. The molecule has 1 fully saturated rings. The van der Waals surface area contributed by atoms with Crippen LogP contribution in [-0.2, 0) is 20.6 Å². The molecule has 1 atom stereocenters. The Kier molecular flexibility index (Phi) is 10.6. The first kappa shape index (κ1) is 30.4. The molecule has 0 N–H and O–H groups in total. The number of ether oxygens (including phenoxy) is 8. The first-order valence-electron chi connectivity index (χ1n) is 12.8. The Labute approximate surface area is 246 Å². The third-order valence-electron chi connectivity index (χ3n) is 6.70. The molecular weight excluding hydrogens is 599 g/mol. The molecule has 1 saturated heterocycles. The van der Waals surface area contributed by atoms with Crippen LogP contribution in [0, 0.1) is 0 Å². The van der Waals surface area contributed by atoms with Crippen LogP contribution >= 0.6 is 24.5 Å². The Balaban J connectivity index is 1.82. The predicted molar refractivity (Wildman–Crippen MR) is 161 cm³/mol. The van der Waals surface area contributed by atoms with E-state index in [-0.39, 0.29) is 15.4 Å². The fourth-order valence-electron chi connectivity index (χ4n) is 4.71. The van der Waals surface area contributed by atoms with Gasteiger partial charge in [-0.25, -0.2) is 0 Å². The zero-order valence-corrected chi connectivity index (χ0v) is 26.3. The molecule has 40 heavy (non-hydrogen) atoms. The van der Waals surface area contributed by atoms with E-state index in [2.05, 4.69) is 34.1 Å². The maximum absolute atomic E-state index is 6.11. The smallest absolute Gasteiger partial charge is 0.188 e. The van der Waals surface area contributed by atoms with E-state index in [0.29, 0.717) is 30.5 Å². The molecule has 1 aliphatic rings. The van der Waals surface area contributed by atoms with Crippen LogP contribution in [0.5, 0.6) is 28.7 Å². The maximum atomic E-state index is 6.11. The molecular formula is C30H36BrO8P. The first-order chi connectivity index (χ1) is 19.4. The van der Waals surface area contributed by atoms with E-state index in [1.807, 2.05) is 31.2 Å². The van der Waals surface area contributed by atoms with Crippen molar-refractivity contribution in [3.8, 4) is 39.9 Å². The fourth-order valence-corrected chi connectivity index (χ4v) is 6.55. The van der Waals surface area contributed by atoms with E-state index in [4.69, 9.17) is 37.9 Å². The molecule has 10 heteroatoms. The summed E-state index contributed by atoms with van der Waals surface area (Å²) in [6.07, 6.45) is 1.48. The Morgan fingerprint density at radius 3 is 1.98 bits per heavy atom. The van der Waals surface area contributed by atoms with Crippen LogP contribution in [0.3, 0.4) is 0 Å². The van der Waals surface area contributed by atoms with E-state index >= 15 is 0 Å². The normalized spacial score (nSPS) is 14.5. The van der Waals surface area contributed by atoms with Crippen LogP contribution in [0.25, 0.3) is 11.1 Å². The van der Waals surface area contributed by atoms with Gasteiger partial charge in [0.1, 0.15) is 28.7 Å². The van der Waals surface area contributed by atoms with E-state index in [9.17, 15) is 0 Å². The molecule has 4 rings (SSSR count). The lowest BCUT2D eigenvalue weighted by atomic mass is 10.0. The van der Waals surface area contributed by atoms with Gasteiger partial charge >= 0.3 is 0 Å². The van der Waals surface area contributed by atoms with Gasteiger partial charge in [0.05, 0.1) is 57.0 Å². The number of benzene rings is 3. The first-order valence-corrected chi connectivity index (χ1v) is 14.6. The van der Waals surface area contributed by atoms with Crippen molar-refractivity contribution in [1.82, 2.24) is 0 Å². The highest BCUT2D eigenvalue weighted by atomic mass is 79.9. The largest absolute Gasteiger partial charge is 0.496 e. The highest BCUT2D eigenvalue weighted by Crippen LogP contribution is 2.47. The van der Waals surface area contributed by atoms with Gasteiger partial charge in [0, 0.05) is 19.1 Å². The lowest BCUT2D eigenvalue weighted by molar-refractivity contribution is -0.146. The molecule has 8 nitrogen and oxygen atoms in total. The molecule has 216 valence electrons. The maximum Gasteiger partial charge on any atom is 0.188 e. The van der Waals surface area contributed by atoms with E-state index in [1.54, 1.807) is 35.5 Å². The lowest BCUT2D eigenvalue weighted by Crippen LogP contribution is -2.26. The molecule has 0 radical (unpaired) electrons. The van der Waals surface area contributed by atoms with Crippen molar-refractivity contribution in [2.45, 2.75) is 25.6 Å². The highest BCUT2D eigenvalue weighted by Gasteiger charge is 2.31. The minimum absolute atomic E-state index is 0.0727. The zero-order chi connectivity index (χ0) is 28.7. The molecule has 0 spiro atoms. The minimum atomic E-state index is -0.570. The van der Waals surface area contributed by atoms with Crippen molar-refractivity contribution in [2.24, 2.45) is 0 Å². The van der Waals surface area contributed by atoms with Crippen molar-refractivity contribution >= 4 is 35.1 Å². The molecule has 0 saturated carbocycles. The van der Waals surface area contributed by atoms with Gasteiger partial charge in [-0.1, -0.05) is 20.7 Å². The van der Waals surface area contributed by atoms with Gasteiger partial charge < -0.3 is 37.9 Å². The summed E-state index contributed by atoms with van der Waals surface area (Å²) in [6.45, 7) is 3.29. The standard InChI is InChI=1S/C30H36BrO8P/c1-30(38-14-15-39-30)13-12-19-16-23(35-5)29(24(17-19)36-6)40-25-11-10-20(31)28(37-18-32-2)27(25)26-21(33-3)8-7-9-22(26)34-4/h7-11,16-17,40H,12-15,18H2,1-6H3. The molecule has 1 aliphatic heterocycles. The summed E-state index contributed by atoms with van der Waals surface area (Å²) in [5.41, 5.74) is 2.69. The Hall–Kier alpha value is -2.55. The van der Waals surface area contributed by atoms with Crippen LogP contribution in [0.1, 0.15) is 18.9 Å². The monoisotopic (exact) mass is 634 g/mol. The van der Waals surface area contributed by atoms with Crippen LogP contribution in [0.4, 0.5) is 0 Å². The lowest BCUT2D eigenvalue weighted by Gasteiger charge is -2.23. The molecule has 0 aliphatic carbocycles. The zero-order valence-electron chi connectivity index (χ0n) is 23.7. The SMILES string of the molecule is COCOc1c(Br)ccc(Pc2c(OC)cc(CCC3(C)OCCO3)cc2OC)c1-c1c(OC)cccc1OC. The third kappa shape index (κ3) is 6.67. The van der Waals surface area contributed by atoms with Crippen LogP contribution < -0.4 is 34.3 Å². The summed E-state index contributed by atoms with van der Waals surface area (Å²) >= 11 is 3.67. The topological polar surface area (TPSA) is 73.8 Å². The van der Waals surface area contributed by atoms with Crippen molar-refractivity contribution in [2.75, 3.05) is 55.6 Å². The second-order valence-corrected chi connectivity index (χ2v) is 11.4. The van der Waals surface area contributed by atoms with Gasteiger partial charge in [0.15, 0.2) is 12.6 Å². The van der Waals surface area contributed by atoms with Crippen molar-refractivity contribution in [3.63, 3.8) is 0 Å². The molecule has 0 amide bonds. The van der Waals surface area contributed by atoms with Crippen LogP contribution in [0.2, 0.25) is 0 Å². The summed E-state index contributed by atoms with van der Waals surface area (Å²) in [5, 5.41) is 1.92. The minimum Gasteiger partial charge on any atom is -0.496 e. The number of rotatable bonds is 13. The second-order valence-electron chi connectivity index (χ2n) is 9.22. The van der Waals surface area contributed by atoms with E-state index in [0.717, 1.165) is 56.1 Å². The van der Waals surface area contributed by atoms with Crippen molar-refractivity contribution in [3.05, 3.63) is 52.5 Å². The number of hydrogen-bond acceptors (Lipinski definition) is 8. The van der Waals surface area contributed by atoms with Crippen molar-refractivity contribution < 1.29 is 37.9 Å². The van der Waals surface area contributed by atoms with Gasteiger partial charge in [-0.05, 0) is 70.5 Å². The Morgan fingerprint density at radius 1 is 0.825 bits per heavy atom. The summed E-state index contributed by atoms with van der Waals surface area (Å²) in [5.74, 6) is 2.85. The molecule has 0 aromatic heterocycles. The fraction of sp³-hybridized carbons (Fsp3) is 0.400. The Bertz CT molecular complexity index is 1260. The molecule has 3 aromatic carbocycles. The average molecular weight is 635 g/mol. The number of hydrogen-bond donors (Lipinski definition) is 0. The van der Waals surface area contributed by atoms with E-state index in [1.165, 1.54) is 0 Å². The summed E-state index contributed by atoms with van der Waals surface area (Å²) in [4.78, 5) is 0. The van der Waals surface area contributed by atoms with Crippen LogP contribution in [-0.4, -0.2) is 61.3 Å². The number of halogens is 1. The van der Waals surface area contributed by atoms with Gasteiger partial charge in [0.2, 0.25) is 0 Å².